The highest BCUT2D eigenvalue weighted by Gasteiger charge is 2.18. The minimum atomic E-state index is -0.0495. The van der Waals surface area contributed by atoms with E-state index in [4.69, 9.17) is 0 Å². The van der Waals surface area contributed by atoms with Gasteiger partial charge in [-0.3, -0.25) is 0 Å². The summed E-state index contributed by atoms with van der Waals surface area (Å²) in [5.74, 6) is 0.529. The first-order valence-corrected chi connectivity index (χ1v) is 5.17. The van der Waals surface area contributed by atoms with Gasteiger partial charge in [0.15, 0.2) is 0 Å². The minimum Gasteiger partial charge on any atom is -0.393 e. The van der Waals surface area contributed by atoms with Crippen molar-refractivity contribution in [2.75, 3.05) is 0 Å². The van der Waals surface area contributed by atoms with Gasteiger partial charge in [-0.15, -0.1) is 0 Å². The molecule has 0 spiro atoms. The first-order valence-electron chi connectivity index (χ1n) is 5.17. The first kappa shape index (κ1) is 9.79. The number of allylic oxidation sites excluding steroid dienone is 2. The van der Waals surface area contributed by atoms with Gasteiger partial charge >= 0.3 is 0 Å². The molecule has 0 radical (unpaired) electrons. The molecule has 0 saturated heterocycles. The van der Waals surface area contributed by atoms with E-state index in [-0.39, 0.29) is 6.10 Å². The fraction of sp³-hybridized carbons (Fsp3) is 0.818. The van der Waals surface area contributed by atoms with Crippen LogP contribution in [-0.4, -0.2) is 11.2 Å². The van der Waals surface area contributed by atoms with Crippen molar-refractivity contribution in [1.29, 1.82) is 0 Å². The van der Waals surface area contributed by atoms with Gasteiger partial charge in [-0.05, 0) is 25.2 Å². The number of rotatable bonds is 5. The summed E-state index contributed by atoms with van der Waals surface area (Å²) in [6.45, 7) is 2.20. The van der Waals surface area contributed by atoms with E-state index in [0.29, 0.717) is 5.92 Å². The van der Waals surface area contributed by atoms with Crippen molar-refractivity contribution in [2.45, 2.75) is 51.6 Å². The van der Waals surface area contributed by atoms with Crippen LogP contribution in [0.5, 0.6) is 0 Å². The van der Waals surface area contributed by atoms with Crippen molar-refractivity contribution in [2.24, 2.45) is 5.92 Å². The van der Waals surface area contributed by atoms with E-state index >= 15 is 0 Å². The van der Waals surface area contributed by atoms with Crippen LogP contribution >= 0.6 is 0 Å². The summed E-state index contributed by atoms with van der Waals surface area (Å²) in [5, 5.41) is 9.74. The Labute approximate surface area is 75.5 Å². The number of aliphatic hydroxyl groups excluding tert-OH is 1. The second-order valence-corrected chi connectivity index (χ2v) is 3.77. The van der Waals surface area contributed by atoms with Gasteiger partial charge in [0, 0.05) is 0 Å². The maximum Gasteiger partial charge on any atom is 0.0574 e. The molecule has 1 unspecified atom stereocenters. The average Bonchev–Trinajstić information content (AvgIpc) is 2.56. The molecule has 1 aliphatic carbocycles. The van der Waals surface area contributed by atoms with Gasteiger partial charge < -0.3 is 5.11 Å². The van der Waals surface area contributed by atoms with Crippen LogP contribution in [0.3, 0.4) is 0 Å². The largest absolute Gasteiger partial charge is 0.393 e. The molecule has 1 nitrogen and oxygen atoms in total. The molecule has 0 aromatic carbocycles. The lowest BCUT2D eigenvalue weighted by Gasteiger charge is -2.16. The first-order chi connectivity index (χ1) is 5.84. The number of aliphatic hydroxyl groups is 1. The van der Waals surface area contributed by atoms with E-state index in [9.17, 15) is 5.11 Å². The molecule has 12 heavy (non-hydrogen) atoms. The zero-order chi connectivity index (χ0) is 8.81. The molecule has 0 aromatic rings. The second-order valence-electron chi connectivity index (χ2n) is 3.77. The minimum absolute atomic E-state index is 0.0495. The van der Waals surface area contributed by atoms with Gasteiger partial charge in [0.25, 0.3) is 0 Å². The van der Waals surface area contributed by atoms with Gasteiger partial charge in [-0.1, -0.05) is 38.3 Å². The molecule has 1 atom stereocenters. The predicted octanol–water partition coefficient (Wildman–Crippen LogP) is 2.89. The van der Waals surface area contributed by atoms with Crippen LogP contribution in [0.4, 0.5) is 0 Å². The van der Waals surface area contributed by atoms with E-state index < -0.39 is 0 Å². The zero-order valence-corrected chi connectivity index (χ0v) is 8.00. The molecule has 0 amide bonds. The summed E-state index contributed by atoms with van der Waals surface area (Å²) in [4.78, 5) is 0. The molecular formula is C11H20O. The molecule has 0 aromatic heterocycles. The second kappa shape index (κ2) is 5.36. The highest BCUT2D eigenvalue weighted by Crippen LogP contribution is 2.24. The Hall–Kier alpha value is -0.300. The topological polar surface area (TPSA) is 20.2 Å². The number of unbranched alkanes of at least 4 members (excludes halogenated alkanes) is 2. The highest BCUT2D eigenvalue weighted by molar-refractivity contribution is 4.96. The maximum atomic E-state index is 9.74. The van der Waals surface area contributed by atoms with Crippen LogP contribution in [0.1, 0.15) is 45.4 Å². The molecule has 0 fully saturated rings. The summed E-state index contributed by atoms with van der Waals surface area (Å²) in [6.07, 6.45) is 11.2. The quantitative estimate of drug-likeness (QED) is 0.494. The summed E-state index contributed by atoms with van der Waals surface area (Å²) in [5.41, 5.74) is 0. The molecule has 1 heteroatoms. The van der Waals surface area contributed by atoms with Crippen LogP contribution in [0, 0.1) is 5.92 Å². The Kier molecular flexibility index (Phi) is 4.37. The summed E-state index contributed by atoms with van der Waals surface area (Å²) in [7, 11) is 0. The average molecular weight is 168 g/mol. The van der Waals surface area contributed by atoms with Gasteiger partial charge in [0.2, 0.25) is 0 Å². The predicted molar refractivity (Wildman–Crippen MR) is 52.0 cm³/mol. The van der Waals surface area contributed by atoms with E-state index in [1.807, 2.05) is 0 Å². The standard InChI is InChI=1S/C11H20O/c1-2-3-4-9-11(12)10-7-5-6-8-10/h5-6,10-12H,2-4,7-9H2,1H3. The molecule has 70 valence electrons. The fourth-order valence-corrected chi connectivity index (χ4v) is 1.79. The third-order valence-electron chi connectivity index (χ3n) is 2.69. The Morgan fingerprint density at radius 3 is 2.58 bits per heavy atom. The van der Waals surface area contributed by atoms with Crippen LogP contribution in [0.25, 0.3) is 0 Å². The Morgan fingerprint density at radius 1 is 1.33 bits per heavy atom. The SMILES string of the molecule is CCCCCC(O)C1CC=CC1. The molecule has 1 aliphatic rings. The Balaban J connectivity index is 2.06. The van der Waals surface area contributed by atoms with Crippen molar-refractivity contribution in [3.63, 3.8) is 0 Å². The molecule has 1 N–H and O–H groups in total. The molecule has 0 aliphatic heterocycles. The van der Waals surface area contributed by atoms with Crippen LogP contribution < -0.4 is 0 Å². The van der Waals surface area contributed by atoms with Crippen LogP contribution in [-0.2, 0) is 0 Å². The number of hydrogen-bond acceptors (Lipinski definition) is 1. The van der Waals surface area contributed by atoms with E-state index in [2.05, 4.69) is 19.1 Å². The summed E-state index contributed by atoms with van der Waals surface area (Å²) >= 11 is 0. The van der Waals surface area contributed by atoms with Crippen molar-refractivity contribution in [3.8, 4) is 0 Å². The van der Waals surface area contributed by atoms with Gasteiger partial charge in [-0.2, -0.15) is 0 Å². The lowest BCUT2D eigenvalue weighted by atomic mass is 9.95. The highest BCUT2D eigenvalue weighted by atomic mass is 16.3. The molecule has 0 saturated carbocycles. The number of hydrogen-bond donors (Lipinski definition) is 1. The van der Waals surface area contributed by atoms with Crippen molar-refractivity contribution in [3.05, 3.63) is 12.2 Å². The van der Waals surface area contributed by atoms with Crippen molar-refractivity contribution >= 4 is 0 Å². The van der Waals surface area contributed by atoms with E-state index in [1.54, 1.807) is 0 Å². The van der Waals surface area contributed by atoms with E-state index in [0.717, 1.165) is 19.3 Å². The normalized spacial score (nSPS) is 20.2. The third-order valence-corrected chi connectivity index (χ3v) is 2.69. The molecule has 0 bridgehead atoms. The monoisotopic (exact) mass is 168 g/mol. The lowest BCUT2D eigenvalue weighted by Crippen LogP contribution is -2.17. The summed E-state index contributed by atoms with van der Waals surface area (Å²) in [6, 6.07) is 0. The lowest BCUT2D eigenvalue weighted by molar-refractivity contribution is 0.102. The Bertz CT molecular complexity index is 132. The van der Waals surface area contributed by atoms with Crippen LogP contribution in [0.15, 0.2) is 12.2 Å². The Morgan fingerprint density at radius 2 is 2.00 bits per heavy atom. The van der Waals surface area contributed by atoms with Gasteiger partial charge in [0.1, 0.15) is 0 Å². The summed E-state index contributed by atoms with van der Waals surface area (Å²) < 4.78 is 0. The molecule has 0 heterocycles. The molecular weight excluding hydrogens is 148 g/mol. The molecule has 1 rings (SSSR count). The fourth-order valence-electron chi connectivity index (χ4n) is 1.79. The smallest absolute Gasteiger partial charge is 0.0574 e. The van der Waals surface area contributed by atoms with Crippen molar-refractivity contribution < 1.29 is 5.11 Å². The van der Waals surface area contributed by atoms with Gasteiger partial charge in [-0.25, -0.2) is 0 Å². The van der Waals surface area contributed by atoms with Crippen LogP contribution in [0.2, 0.25) is 0 Å². The van der Waals surface area contributed by atoms with E-state index in [1.165, 1.54) is 19.3 Å². The zero-order valence-electron chi connectivity index (χ0n) is 8.00. The van der Waals surface area contributed by atoms with Crippen molar-refractivity contribution in [1.82, 2.24) is 0 Å². The van der Waals surface area contributed by atoms with Gasteiger partial charge in [0.05, 0.1) is 6.10 Å². The maximum absolute atomic E-state index is 9.74. The third kappa shape index (κ3) is 2.98.